The molecule has 15 heavy (non-hydrogen) atoms. The summed E-state index contributed by atoms with van der Waals surface area (Å²) in [5.74, 6) is 0.320. The van der Waals surface area contributed by atoms with E-state index in [0.717, 1.165) is 18.8 Å². The number of carbonyl (C=O) groups excluding carboxylic acids is 1. The fraction of sp³-hybridized carbons (Fsp3) is 0.364. The van der Waals surface area contributed by atoms with Crippen LogP contribution >= 0.6 is 0 Å². The lowest BCUT2D eigenvalue weighted by Crippen LogP contribution is -2.33. The predicted octanol–water partition coefficient (Wildman–Crippen LogP) is 1.12. The summed E-state index contributed by atoms with van der Waals surface area (Å²) >= 11 is 0. The van der Waals surface area contributed by atoms with Crippen LogP contribution in [0.1, 0.15) is 18.5 Å². The third kappa shape index (κ3) is 2.13. The molecule has 0 spiro atoms. The lowest BCUT2D eigenvalue weighted by molar-refractivity contribution is -0.119. The van der Waals surface area contributed by atoms with E-state index in [4.69, 9.17) is 5.26 Å². The van der Waals surface area contributed by atoms with Crippen LogP contribution in [0.2, 0.25) is 0 Å². The number of Topliss-reactive ketones (excluding diaryl/α,β-unsaturated/α-hetero) is 1. The zero-order chi connectivity index (χ0) is 10.7. The van der Waals surface area contributed by atoms with Gasteiger partial charge < -0.3 is 4.90 Å². The van der Waals surface area contributed by atoms with E-state index < -0.39 is 0 Å². The molecule has 0 bridgehead atoms. The van der Waals surface area contributed by atoms with Crippen LogP contribution in [-0.4, -0.2) is 23.9 Å². The zero-order valence-corrected chi connectivity index (χ0v) is 8.31. The first-order valence-electron chi connectivity index (χ1n) is 4.92. The molecule has 1 aromatic rings. The topological polar surface area (TPSA) is 57.0 Å². The molecule has 1 saturated heterocycles. The minimum atomic E-state index is 0.320. The van der Waals surface area contributed by atoms with Crippen molar-refractivity contribution in [1.29, 1.82) is 5.26 Å². The molecule has 0 radical (unpaired) electrons. The second-order valence-electron chi connectivity index (χ2n) is 3.54. The van der Waals surface area contributed by atoms with Crippen molar-refractivity contribution >= 4 is 11.5 Å². The van der Waals surface area contributed by atoms with Gasteiger partial charge in [-0.25, -0.2) is 4.98 Å². The molecular weight excluding hydrogens is 190 g/mol. The third-order valence-electron chi connectivity index (χ3n) is 2.54. The Morgan fingerprint density at radius 2 is 2.13 bits per heavy atom. The average Bonchev–Trinajstić information content (AvgIpc) is 2.30. The molecule has 1 aromatic heterocycles. The van der Waals surface area contributed by atoms with Crippen LogP contribution in [0, 0.1) is 11.3 Å². The molecule has 0 aliphatic carbocycles. The summed E-state index contributed by atoms with van der Waals surface area (Å²) in [5, 5.41) is 8.72. The molecule has 0 unspecified atom stereocenters. The maximum absolute atomic E-state index is 11.1. The van der Waals surface area contributed by atoms with Crippen molar-refractivity contribution in [2.24, 2.45) is 0 Å². The zero-order valence-electron chi connectivity index (χ0n) is 8.31. The van der Waals surface area contributed by atoms with E-state index in [9.17, 15) is 4.79 Å². The van der Waals surface area contributed by atoms with E-state index in [2.05, 4.69) is 9.88 Å². The molecule has 0 amide bonds. The van der Waals surface area contributed by atoms with Gasteiger partial charge >= 0.3 is 0 Å². The van der Waals surface area contributed by atoms with Gasteiger partial charge in [-0.2, -0.15) is 5.26 Å². The standard InChI is InChI=1S/C11H11N3O/c12-8-9-7-10(1-4-13-9)14-5-2-11(15)3-6-14/h1,4,7H,2-3,5-6H2. The third-order valence-corrected chi connectivity index (χ3v) is 2.54. The molecule has 2 rings (SSSR count). The number of carbonyl (C=O) groups is 1. The number of anilines is 1. The quantitative estimate of drug-likeness (QED) is 0.683. The van der Waals surface area contributed by atoms with Gasteiger partial charge in [0.05, 0.1) is 0 Å². The number of nitriles is 1. The van der Waals surface area contributed by atoms with Crippen LogP contribution < -0.4 is 4.90 Å². The normalized spacial score (nSPS) is 16.2. The Kier molecular flexibility index (Phi) is 2.64. The summed E-state index contributed by atoms with van der Waals surface area (Å²) in [6.45, 7) is 1.49. The number of nitrogens with zero attached hydrogens (tertiary/aromatic N) is 3. The molecule has 0 saturated carbocycles. The molecule has 1 fully saturated rings. The maximum atomic E-state index is 11.1. The number of piperidine rings is 1. The van der Waals surface area contributed by atoms with Gasteiger partial charge in [-0.05, 0) is 12.1 Å². The second-order valence-corrected chi connectivity index (χ2v) is 3.54. The van der Waals surface area contributed by atoms with E-state index in [-0.39, 0.29) is 0 Å². The highest BCUT2D eigenvalue weighted by molar-refractivity contribution is 5.81. The van der Waals surface area contributed by atoms with Crippen LogP contribution in [-0.2, 0) is 4.79 Å². The highest BCUT2D eigenvalue weighted by atomic mass is 16.1. The van der Waals surface area contributed by atoms with Crippen molar-refractivity contribution in [3.05, 3.63) is 24.0 Å². The van der Waals surface area contributed by atoms with Gasteiger partial charge in [-0.3, -0.25) is 4.79 Å². The van der Waals surface area contributed by atoms with E-state index in [1.165, 1.54) is 0 Å². The molecule has 0 N–H and O–H groups in total. The number of ketones is 1. The van der Waals surface area contributed by atoms with Gasteiger partial charge in [-0.1, -0.05) is 0 Å². The summed E-state index contributed by atoms with van der Waals surface area (Å²) in [4.78, 5) is 17.1. The first-order chi connectivity index (χ1) is 7.29. The fourth-order valence-corrected chi connectivity index (χ4v) is 1.69. The number of hydrogen-bond acceptors (Lipinski definition) is 4. The van der Waals surface area contributed by atoms with E-state index in [0.29, 0.717) is 24.3 Å². The molecule has 76 valence electrons. The van der Waals surface area contributed by atoms with Crippen LogP contribution in [0.4, 0.5) is 5.69 Å². The molecule has 0 atom stereocenters. The summed E-state index contributed by atoms with van der Waals surface area (Å²) in [6, 6.07) is 5.64. The first-order valence-corrected chi connectivity index (χ1v) is 4.92. The van der Waals surface area contributed by atoms with Gasteiger partial charge in [0.2, 0.25) is 0 Å². The minimum absolute atomic E-state index is 0.320. The van der Waals surface area contributed by atoms with Crippen molar-refractivity contribution in [3.8, 4) is 6.07 Å². The van der Waals surface area contributed by atoms with Crippen LogP contribution in [0.5, 0.6) is 0 Å². The molecule has 1 aliphatic heterocycles. The number of aromatic nitrogens is 1. The van der Waals surface area contributed by atoms with E-state index in [1.807, 2.05) is 12.1 Å². The van der Waals surface area contributed by atoms with E-state index in [1.54, 1.807) is 12.3 Å². The fourth-order valence-electron chi connectivity index (χ4n) is 1.69. The molecule has 2 heterocycles. The van der Waals surface area contributed by atoms with E-state index >= 15 is 0 Å². The summed E-state index contributed by atoms with van der Waals surface area (Å²) in [6.07, 6.45) is 2.83. The van der Waals surface area contributed by atoms with Gasteiger partial charge in [-0.15, -0.1) is 0 Å². The summed E-state index contributed by atoms with van der Waals surface area (Å²) in [7, 11) is 0. The number of hydrogen-bond donors (Lipinski definition) is 0. The SMILES string of the molecule is N#Cc1cc(N2CCC(=O)CC2)ccn1. The Morgan fingerprint density at radius 3 is 2.80 bits per heavy atom. The Hall–Kier alpha value is -1.89. The largest absolute Gasteiger partial charge is 0.371 e. The number of pyridine rings is 1. The Labute approximate surface area is 88.1 Å². The summed E-state index contributed by atoms with van der Waals surface area (Å²) in [5.41, 5.74) is 1.40. The molecular formula is C11H11N3O. The first kappa shape index (κ1) is 9.66. The Morgan fingerprint density at radius 1 is 1.40 bits per heavy atom. The van der Waals surface area contributed by atoms with Crippen molar-refractivity contribution in [3.63, 3.8) is 0 Å². The lowest BCUT2D eigenvalue weighted by Gasteiger charge is -2.27. The van der Waals surface area contributed by atoms with Crippen molar-refractivity contribution < 1.29 is 4.79 Å². The predicted molar refractivity (Wildman–Crippen MR) is 55.4 cm³/mol. The van der Waals surface area contributed by atoms with Crippen LogP contribution in [0.15, 0.2) is 18.3 Å². The van der Waals surface area contributed by atoms with Crippen molar-refractivity contribution in [1.82, 2.24) is 4.98 Å². The van der Waals surface area contributed by atoms with Gasteiger partial charge in [0.15, 0.2) is 0 Å². The van der Waals surface area contributed by atoms with Crippen LogP contribution in [0.3, 0.4) is 0 Å². The highest BCUT2D eigenvalue weighted by Crippen LogP contribution is 2.18. The molecule has 4 heteroatoms. The summed E-state index contributed by atoms with van der Waals surface area (Å²) < 4.78 is 0. The molecule has 4 nitrogen and oxygen atoms in total. The average molecular weight is 201 g/mol. The van der Waals surface area contributed by atoms with Gasteiger partial charge in [0.25, 0.3) is 0 Å². The van der Waals surface area contributed by atoms with Gasteiger partial charge in [0, 0.05) is 37.8 Å². The van der Waals surface area contributed by atoms with Gasteiger partial charge in [0.1, 0.15) is 17.5 Å². The minimum Gasteiger partial charge on any atom is -0.371 e. The monoisotopic (exact) mass is 201 g/mol. The van der Waals surface area contributed by atoms with Crippen LogP contribution in [0.25, 0.3) is 0 Å². The maximum Gasteiger partial charge on any atom is 0.142 e. The highest BCUT2D eigenvalue weighted by Gasteiger charge is 2.16. The number of rotatable bonds is 1. The smallest absolute Gasteiger partial charge is 0.142 e. The second kappa shape index (κ2) is 4.09. The molecule has 0 aromatic carbocycles. The lowest BCUT2D eigenvalue weighted by atomic mass is 10.1. The Balaban J connectivity index is 2.16. The molecule has 1 aliphatic rings. The van der Waals surface area contributed by atoms with Crippen molar-refractivity contribution in [2.75, 3.05) is 18.0 Å². The Bertz CT molecular complexity index is 412. The van der Waals surface area contributed by atoms with Crippen molar-refractivity contribution in [2.45, 2.75) is 12.8 Å².